The van der Waals surface area contributed by atoms with Crippen LogP contribution < -0.4 is 4.74 Å². The zero-order valence-corrected chi connectivity index (χ0v) is 18.4. The summed E-state index contributed by atoms with van der Waals surface area (Å²) in [5, 5.41) is 0.758. The Kier molecular flexibility index (Phi) is 6.29. The molecule has 8 heteroatoms. The molecule has 3 heterocycles. The third-order valence-electron chi connectivity index (χ3n) is 4.89. The number of hydrogen-bond donors (Lipinski definition) is 0. The molecule has 0 radical (unpaired) electrons. The van der Waals surface area contributed by atoms with Gasteiger partial charge in [-0.15, -0.1) is 11.3 Å². The zero-order valence-electron chi connectivity index (χ0n) is 17.6. The number of nitrogens with zero attached hydrogens (tertiary/aromatic N) is 3. The summed E-state index contributed by atoms with van der Waals surface area (Å²) in [6, 6.07) is 13.6. The van der Waals surface area contributed by atoms with Gasteiger partial charge in [0.2, 0.25) is 5.88 Å². The summed E-state index contributed by atoms with van der Waals surface area (Å²) < 4.78 is 16.2. The molecule has 160 valence electrons. The minimum absolute atomic E-state index is 0.0869. The van der Waals surface area contributed by atoms with Crippen molar-refractivity contribution < 1.29 is 18.7 Å². The van der Waals surface area contributed by atoms with E-state index in [0.717, 1.165) is 22.3 Å². The lowest BCUT2D eigenvalue weighted by Crippen LogP contribution is -2.29. The van der Waals surface area contributed by atoms with Crippen LogP contribution in [-0.2, 0) is 24.4 Å². The Hall–Kier alpha value is -3.23. The standard InChI is InChI=1S/C23H23N3O4S/c1-15-19-21(29-3)24-18(14-28-2)25-22(19)31-20(15)23(27)26(13-17-10-7-11-30-17)12-16-8-5-4-6-9-16/h4-11H,12-14H2,1-3H3. The van der Waals surface area contributed by atoms with E-state index in [1.54, 1.807) is 25.4 Å². The lowest BCUT2D eigenvalue weighted by molar-refractivity contribution is 0.0722. The number of furan rings is 1. The summed E-state index contributed by atoms with van der Waals surface area (Å²) in [5.41, 5.74) is 1.85. The summed E-state index contributed by atoms with van der Waals surface area (Å²) in [5.74, 6) is 1.60. The largest absolute Gasteiger partial charge is 0.480 e. The number of amides is 1. The van der Waals surface area contributed by atoms with Crippen molar-refractivity contribution in [3.05, 3.63) is 76.3 Å². The van der Waals surface area contributed by atoms with Gasteiger partial charge in [0.1, 0.15) is 17.2 Å². The Morgan fingerprint density at radius 1 is 1.10 bits per heavy atom. The molecule has 4 aromatic rings. The molecule has 7 nitrogen and oxygen atoms in total. The first-order chi connectivity index (χ1) is 15.1. The molecule has 0 saturated carbocycles. The molecule has 0 aliphatic rings. The first-order valence-corrected chi connectivity index (χ1v) is 10.6. The number of hydrogen-bond acceptors (Lipinski definition) is 7. The number of methoxy groups -OCH3 is 2. The highest BCUT2D eigenvalue weighted by molar-refractivity contribution is 7.20. The normalized spacial score (nSPS) is 11.1. The van der Waals surface area contributed by atoms with E-state index in [9.17, 15) is 4.79 Å². The lowest BCUT2D eigenvalue weighted by Gasteiger charge is -2.21. The predicted octanol–water partition coefficient (Wildman–Crippen LogP) is 4.59. The summed E-state index contributed by atoms with van der Waals surface area (Å²) in [4.78, 5) is 25.7. The highest BCUT2D eigenvalue weighted by Crippen LogP contribution is 2.36. The molecule has 0 aliphatic heterocycles. The van der Waals surface area contributed by atoms with Crippen LogP contribution in [0.5, 0.6) is 5.88 Å². The summed E-state index contributed by atoms with van der Waals surface area (Å²) in [6.45, 7) is 3.00. The molecule has 1 aromatic carbocycles. The molecular weight excluding hydrogens is 414 g/mol. The number of ether oxygens (including phenoxy) is 2. The van der Waals surface area contributed by atoms with Crippen LogP contribution in [0.3, 0.4) is 0 Å². The second-order valence-electron chi connectivity index (χ2n) is 7.04. The number of aryl methyl sites for hydroxylation is 1. The molecule has 0 aliphatic carbocycles. The van der Waals surface area contributed by atoms with Crippen molar-refractivity contribution in [2.45, 2.75) is 26.6 Å². The molecular formula is C23H23N3O4S. The first-order valence-electron chi connectivity index (χ1n) is 9.79. The van der Waals surface area contributed by atoms with Gasteiger partial charge in [-0.1, -0.05) is 30.3 Å². The van der Waals surface area contributed by atoms with Crippen LogP contribution in [0.4, 0.5) is 0 Å². The molecule has 0 unspecified atom stereocenters. The maximum atomic E-state index is 13.7. The third-order valence-corrected chi connectivity index (χ3v) is 6.07. The van der Waals surface area contributed by atoms with E-state index in [1.807, 2.05) is 49.4 Å². The number of carbonyl (C=O) groups excluding carboxylic acids is 1. The van der Waals surface area contributed by atoms with E-state index < -0.39 is 0 Å². The minimum atomic E-state index is -0.0869. The predicted molar refractivity (Wildman–Crippen MR) is 118 cm³/mol. The van der Waals surface area contributed by atoms with E-state index >= 15 is 0 Å². The zero-order chi connectivity index (χ0) is 21.8. The van der Waals surface area contributed by atoms with E-state index in [2.05, 4.69) is 9.97 Å². The molecule has 0 spiro atoms. The van der Waals surface area contributed by atoms with E-state index in [4.69, 9.17) is 13.9 Å². The number of rotatable bonds is 8. The Morgan fingerprint density at radius 2 is 1.90 bits per heavy atom. The molecule has 3 aromatic heterocycles. The van der Waals surface area contributed by atoms with Crippen molar-refractivity contribution >= 4 is 27.5 Å². The molecule has 0 atom stereocenters. The molecule has 1 amide bonds. The average molecular weight is 438 g/mol. The van der Waals surface area contributed by atoms with Gasteiger partial charge in [0.25, 0.3) is 5.91 Å². The van der Waals surface area contributed by atoms with Crippen molar-refractivity contribution in [3.63, 3.8) is 0 Å². The number of fused-ring (bicyclic) bond motifs is 1. The molecule has 31 heavy (non-hydrogen) atoms. The summed E-state index contributed by atoms with van der Waals surface area (Å²) >= 11 is 1.34. The second kappa shape index (κ2) is 9.28. The van der Waals surface area contributed by atoms with Gasteiger partial charge in [0.15, 0.2) is 5.82 Å². The Bertz CT molecular complexity index is 1170. The number of carbonyl (C=O) groups is 1. The maximum absolute atomic E-state index is 13.7. The Morgan fingerprint density at radius 3 is 2.58 bits per heavy atom. The van der Waals surface area contributed by atoms with E-state index in [0.29, 0.717) is 34.5 Å². The topological polar surface area (TPSA) is 77.7 Å². The number of thiophene rings is 1. The van der Waals surface area contributed by atoms with Crippen LogP contribution in [0.2, 0.25) is 0 Å². The fourth-order valence-corrected chi connectivity index (χ4v) is 4.59. The van der Waals surface area contributed by atoms with Gasteiger partial charge in [0.05, 0.1) is 30.2 Å². The Labute approximate surface area is 184 Å². The van der Waals surface area contributed by atoms with Gasteiger partial charge < -0.3 is 18.8 Å². The third kappa shape index (κ3) is 4.45. The smallest absolute Gasteiger partial charge is 0.265 e. The summed E-state index contributed by atoms with van der Waals surface area (Å²) in [7, 11) is 3.15. The van der Waals surface area contributed by atoms with E-state index in [-0.39, 0.29) is 12.5 Å². The van der Waals surface area contributed by atoms with Gasteiger partial charge >= 0.3 is 0 Å². The van der Waals surface area contributed by atoms with Crippen LogP contribution in [0.15, 0.2) is 53.1 Å². The number of benzene rings is 1. The van der Waals surface area contributed by atoms with Crippen LogP contribution in [-0.4, -0.2) is 35.0 Å². The van der Waals surface area contributed by atoms with Crippen molar-refractivity contribution in [1.82, 2.24) is 14.9 Å². The van der Waals surface area contributed by atoms with Crippen LogP contribution >= 0.6 is 11.3 Å². The van der Waals surface area contributed by atoms with Gasteiger partial charge in [-0.05, 0) is 30.2 Å². The van der Waals surface area contributed by atoms with Crippen molar-refractivity contribution in [2.24, 2.45) is 0 Å². The van der Waals surface area contributed by atoms with Crippen LogP contribution in [0.25, 0.3) is 10.2 Å². The molecule has 0 bridgehead atoms. The molecule has 4 rings (SSSR count). The lowest BCUT2D eigenvalue weighted by atomic mass is 10.1. The first kappa shape index (κ1) is 21.0. The van der Waals surface area contributed by atoms with Gasteiger partial charge in [-0.2, -0.15) is 4.98 Å². The highest BCUT2D eigenvalue weighted by Gasteiger charge is 2.25. The van der Waals surface area contributed by atoms with Crippen LogP contribution in [0.1, 0.15) is 32.4 Å². The highest BCUT2D eigenvalue weighted by atomic mass is 32.1. The quantitative estimate of drug-likeness (QED) is 0.401. The Balaban J connectivity index is 1.74. The second-order valence-corrected chi connectivity index (χ2v) is 8.04. The average Bonchev–Trinajstić information content (AvgIpc) is 3.41. The number of aromatic nitrogens is 2. The molecule has 0 fully saturated rings. The summed E-state index contributed by atoms with van der Waals surface area (Å²) in [6.07, 6.45) is 1.61. The van der Waals surface area contributed by atoms with E-state index in [1.165, 1.54) is 11.3 Å². The molecule has 0 saturated heterocycles. The van der Waals surface area contributed by atoms with Gasteiger partial charge in [-0.3, -0.25) is 4.79 Å². The molecule has 0 N–H and O–H groups in total. The van der Waals surface area contributed by atoms with Gasteiger partial charge in [0, 0.05) is 13.7 Å². The SMILES string of the molecule is COCc1nc(OC)c2c(C)c(C(=O)N(Cc3ccccc3)Cc3ccco3)sc2n1. The van der Waals surface area contributed by atoms with Crippen molar-refractivity contribution in [3.8, 4) is 5.88 Å². The van der Waals surface area contributed by atoms with Crippen LogP contribution in [0, 0.1) is 6.92 Å². The fourth-order valence-electron chi connectivity index (χ4n) is 3.43. The van der Waals surface area contributed by atoms with Crippen molar-refractivity contribution in [2.75, 3.05) is 14.2 Å². The maximum Gasteiger partial charge on any atom is 0.265 e. The minimum Gasteiger partial charge on any atom is -0.480 e. The monoisotopic (exact) mass is 437 g/mol. The van der Waals surface area contributed by atoms with Gasteiger partial charge in [-0.25, -0.2) is 4.98 Å². The van der Waals surface area contributed by atoms with Crippen molar-refractivity contribution in [1.29, 1.82) is 0 Å². The fraction of sp³-hybridized carbons (Fsp3) is 0.261.